The fraction of sp³-hybridized carbons (Fsp3) is 0.364. The van der Waals surface area contributed by atoms with E-state index in [9.17, 15) is 9.59 Å². The number of pyridine rings is 1. The summed E-state index contributed by atoms with van der Waals surface area (Å²) < 4.78 is 0. The van der Waals surface area contributed by atoms with Gasteiger partial charge in [-0.2, -0.15) is 0 Å². The van der Waals surface area contributed by atoms with Crippen LogP contribution >= 0.6 is 0 Å². The number of rotatable bonds is 2. The number of nitrogens with zero attached hydrogens (tertiary/aromatic N) is 2. The fourth-order valence-electron chi connectivity index (χ4n) is 1.87. The van der Waals surface area contributed by atoms with Crippen LogP contribution in [0.4, 0.5) is 0 Å². The van der Waals surface area contributed by atoms with E-state index in [1.165, 1.54) is 0 Å². The van der Waals surface area contributed by atoms with Gasteiger partial charge in [0.15, 0.2) is 5.69 Å². The predicted molar refractivity (Wildman–Crippen MR) is 56.3 cm³/mol. The number of fused-ring (bicyclic) bond motifs is 1. The fourth-order valence-corrected chi connectivity index (χ4v) is 1.87. The molecule has 0 aromatic carbocycles. The van der Waals surface area contributed by atoms with E-state index in [-0.39, 0.29) is 17.3 Å². The summed E-state index contributed by atoms with van der Waals surface area (Å²) in [5.74, 6) is -1.27. The van der Waals surface area contributed by atoms with Crippen LogP contribution in [0.15, 0.2) is 6.07 Å². The van der Waals surface area contributed by atoms with Gasteiger partial charge in [-0.05, 0) is 25.5 Å². The van der Waals surface area contributed by atoms with E-state index in [1.807, 2.05) is 6.92 Å². The van der Waals surface area contributed by atoms with E-state index < -0.39 is 5.97 Å². The van der Waals surface area contributed by atoms with Crippen molar-refractivity contribution < 1.29 is 14.7 Å². The quantitative estimate of drug-likeness (QED) is 0.809. The van der Waals surface area contributed by atoms with Crippen molar-refractivity contribution in [3.63, 3.8) is 0 Å². The first-order valence-electron chi connectivity index (χ1n) is 5.07. The van der Waals surface area contributed by atoms with Crippen LogP contribution in [0.3, 0.4) is 0 Å². The Kier molecular flexibility index (Phi) is 2.38. The topological polar surface area (TPSA) is 70.5 Å². The number of amides is 1. The molecule has 1 amide bonds. The lowest BCUT2D eigenvalue weighted by Gasteiger charge is -2.10. The average Bonchev–Trinajstić information content (AvgIpc) is 2.53. The highest BCUT2D eigenvalue weighted by Gasteiger charge is 2.29. The first-order chi connectivity index (χ1) is 7.54. The normalized spacial score (nSPS) is 14.1. The number of aromatic carboxylic acids is 1. The number of hydrogen-bond acceptors (Lipinski definition) is 3. The number of carboxylic acid groups (broad SMARTS) is 1. The highest BCUT2D eigenvalue weighted by Crippen LogP contribution is 2.23. The Balaban J connectivity index is 2.53. The maximum Gasteiger partial charge on any atom is 0.354 e. The smallest absolute Gasteiger partial charge is 0.354 e. The van der Waals surface area contributed by atoms with Crippen molar-refractivity contribution in [2.24, 2.45) is 0 Å². The molecule has 0 atom stereocenters. The minimum atomic E-state index is -1.09. The molecule has 1 aromatic heterocycles. The van der Waals surface area contributed by atoms with Crippen molar-refractivity contribution >= 4 is 11.9 Å². The van der Waals surface area contributed by atoms with E-state index in [0.717, 1.165) is 5.56 Å². The molecule has 0 spiro atoms. The van der Waals surface area contributed by atoms with Crippen molar-refractivity contribution in [2.75, 3.05) is 6.54 Å². The lowest BCUT2D eigenvalue weighted by molar-refractivity contribution is 0.0689. The van der Waals surface area contributed by atoms with Crippen molar-refractivity contribution in [2.45, 2.75) is 20.4 Å². The van der Waals surface area contributed by atoms with Crippen molar-refractivity contribution in [1.82, 2.24) is 9.88 Å². The van der Waals surface area contributed by atoms with E-state index in [1.54, 1.807) is 17.9 Å². The Morgan fingerprint density at radius 3 is 2.88 bits per heavy atom. The van der Waals surface area contributed by atoms with E-state index in [2.05, 4.69) is 4.98 Å². The molecule has 0 bridgehead atoms. The molecule has 1 aromatic rings. The van der Waals surface area contributed by atoms with Crippen LogP contribution in [-0.4, -0.2) is 33.4 Å². The maximum absolute atomic E-state index is 11.8. The molecule has 1 aliphatic rings. The SMILES string of the molecule is CCN1Cc2cc(C)c(C(=O)O)nc2C1=O. The van der Waals surface area contributed by atoms with Gasteiger partial charge in [-0.1, -0.05) is 0 Å². The summed E-state index contributed by atoms with van der Waals surface area (Å²) in [6.07, 6.45) is 0. The van der Waals surface area contributed by atoms with E-state index in [0.29, 0.717) is 18.7 Å². The molecular formula is C11H12N2O3. The molecule has 1 aliphatic heterocycles. The summed E-state index contributed by atoms with van der Waals surface area (Å²) in [6.45, 7) is 4.71. The summed E-state index contributed by atoms with van der Waals surface area (Å²) in [7, 11) is 0. The lowest BCUT2D eigenvalue weighted by Crippen LogP contribution is -2.23. The van der Waals surface area contributed by atoms with Crippen LogP contribution in [0.5, 0.6) is 0 Å². The molecule has 0 unspecified atom stereocenters. The first kappa shape index (κ1) is 10.6. The van der Waals surface area contributed by atoms with Gasteiger partial charge in [-0.15, -0.1) is 0 Å². The van der Waals surface area contributed by atoms with Crippen LogP contribution in [0.1, 0.15) is 39.0 Å². The molecule has 2 rings (SSSR count). The summed E-state index contributed by atoms with van der Waals surface area (Å²) >= 11 is 0. The number of carbonyl (C=O) groups excluding carboxylic acids is 1. The number of carboxylic acids is 1. The van der Waals surface area contributed by atoms with E-state index in [4.69, 9.17) is 5.11 Å². The van der Waals surface area contributed by atoms with Gasteiger partial charge in [0.05, 0.1) is 0 Å². The monoisotopic (exact) mass is 220 g/mol. The Hall–Kier alpha value is -1.91. The molecule has 0 saturated heterocycles. The number of carbonyl (C=O) groups is 2. The Labute approximate surface area is 92.7 Å². The standard InChI is InChI=1S/C11H12N2O3/c1-3-13-5-7-4-6(2)8(11(15)16)12-9(7)10(13)14/h4H,3,5H2,1-2H3,(H,15,16). The van der Waals surface area contributed by atoms with E-state index >= 15 is 0 Å². The van der Waals surface area contributed by atoms with Crippen LogP contribution in [0.25, 0.3) is 0 Å². The molecular weight excluding hydrogens is 208 g/mol. The number of aromatic nitrogens is 1. The van der Waals surface area contributed by atoms with Gasteiger partial charge in [-0.25, -0.2) is 9.78 Å². The van der Waals surface area contributed by atoms with Crippen molar-refractivity contribution in [3.05, 3.63) is 28.6 Å². The zero-order chi connectivity index (χ0) is 11.9. The van der Waals surface area contributed by atoms with Gasteiger partial charge >= 0.3 is 5.97 Å². The van der Waals surface area contributed by atoms with Crippen LogP contribution in [0.2, 0.25) is 0 Å². The van der Waals surface area contributed by atoms with Gasteiger partial charge in [0.1, 0.15) is 5.69 Å². The predicted octanol–water partition coefficient (Wildman–Crippen LogP) is 1.06. The third-order valence-electron chi connectivity index (χ3n) is 2.73. The van der Waals surface area contributed by atoms with Gasteiger partial charge in [0, 0.05) is 18.7 Å². The second-order valence-corrected chi connectivity index (χ2v) is 3.79. The highest BCUT2D eigenvalue weighted by atomic mass is 16.4. The molecule has 0 saturated carbocycles. The zero-order valence-electron chi connectivity index (χ0n) is 9.15. The summed E-state index contributed by atoms with van der Waals surface area (Å²) in [4.78, 5) is 28.3. The second kappa shape index (κ2) is 3.59. The van der Waals surface area contributed by atoms with Crippen molar-refractivity contribution in [3.8, 4) is 0 Å². The molecule has 5 heteroatoms. The molecule has 1 N–H and O–H groups in total. The zero-order valence-corrected chi connectivity index (χ0v) is 9.15. The largest absolute Gasteiger partial charge is 0.477 e. The molecule has 84 valence electrons. The third-order valence-corrected chi connectivity index (χ3v) is 2.73. The van der Waals surface area contributed by atoms with Gasteiger partial charge < -0.3 is 10.0 Å². The molecule has 2 heterocycles. The molecule has 0 fully saturated rings. The number of aryl methyl sites for hydroxylation is 1. The van der Waals surface area contributed by atoms with Crippen LogP contribution < -0.4 is 0 Å². The number of hydrogen-bond donors (Lipinski definition) is 1. The highest BCUT2D eigenvalue weighted by molar-refractivity contribution is 5.98. The van der Waals surface area contributed by atoms with Crippen LogP contribution in [-0.2, 0) is 6.54 Å². The third kappa shape index (κ3) is 1.44. The van der Waals surface area contributed by atoms with Gasteiger partial charge in [0.2, 0.25) is 0 Å². The Morgan fingerprint density at radius 2 is 2.31 bits per heavy atom. The Morgan fingerprint density at radius 1 is 1.62 bits per heavy atom. The Bertz CT molecular complexity index is 482. The molecule has 0 radical (unpaired) electrons. The molecule has 16 heavy (non-hydrogen) atoms. The minimum Gasteiger partial charge on any atom is -0.477 e. The second-order valence-electron chi connectivity index (χ2n) is 3.79. The summed E-state index contributed by atoms with van der Waals surface area (Å²) in [5.41, 5.74) is 1.65. The summed E-state index contributed by atoms with van der Waals surface area (Å²) in [6, 6.07) is 1.74. The summed E-state index contributed by atoms with van der Waals surface area (Å²) in [5, 5.41) is 8.92. The van der Waals surface area contributed by atoms with Crippen molar-refractivity contribution in [1.29, 1.82) is 0 Å². The van der Waals surface area contributed by atoms with Crippen LogP contribution in [0, 0.1) is 6.92 Å². The van der Waals surface area contributed by atoms with Gasteiger partial charge in [-0.3, -0.25) is 4.79 Å². The lowest BCUT2D eigenvalue weighted by atomic mass is 10.1. The minimum absolute atomic E-state index is 0.0370. The molecule has 0 aliphatic carbocycles. The molecule has 5 nitrogen and oxygen atoms in total. The maximum atomic E-state index is 11.8. The van der Waals surface area contributed by atoms with Gasteiger partial charge in [0.25, 0.3) is 5.91 Å². The average molecular weight is 220 g/mol. The first-order valence-corrected chi connectivity index (χ1v) is 5.07.